The first-order valence-electron chi connectivity index (χ1n) is 6.40. The van der Waals surface area contributed by atoms with Gasteiger partial charge in [-0.3, -0.25) is 0 Å². The van der Waals surface area contributed by atoms with Crippen LogP contribution in [0.15, 0.2) is 24.3 Å². The Morgan fingerprint density at radius 1 is 1.11 bits per heavy atom. The normalized spacial score (nSPS) is 11.8. The number of benzene rings is 1. The van der Waals surface area contributed by atoms with E-state index in [2.05, 4.69) is 11.6 Å². The second kappa shape index (κ2) is 8.48. The van der Waals surface area contributed by atoms with Crippen LogP contribution in [0, 0.1) is 0 Å². The molecule has 5 heteroatoms. The lowest BCUT2D eigenvalue weighted by molar-refractivity contribution is -0.138. The van der Waals surface area contributed by atoms with Crippen LogP contribution in [-0.4, -0.2) is 18.6 Å². The summed E-state index contributed by atoms with van der Waals surface area (Å²) in [6.45, 7) is 1.04. The zero-order valence-corrected chi connectivity index (χ0v) is 11.9. The van der Waals surface area contributed by atoms with Gasteiger partial charge in [-0.25, -0.2) is 0 Å². The molecule has 0 spiro atoms. The van der Waals surface area contributed by atoms with E-state index in [1.165, 1.54) is 18.6 Å². The van der Waals surface area contributed by atoms with Crippen molar-refractivity contribution in [2.45, 2.75) is 32.0 Å². The monoisotopic (exact) mass is 291 g/mol. The van der Waals surface area contributed by atoms with Crippen molar-refractivity contribution in [2.75, 3.05) is 18.6 Å². The lowest BCUT2D eigenvalue weighted by Gasteiger charge is -2.13. The van der Waals surface area contributed by atoms with Crippen molar-refractivity contribution in [2.24, 2.45) is 0 Å². The molecule has 0 aliphatic rings. The van der Waals surface area contributed by atoms with Crippen molar-refractivity contribution < 1.29 is 13.2 Å². The predicted octanol–water partition coefficient (Wildman–Crippen LogP) is 4.33. The second-order valence-electron chi connectivity index (χ2n) is 4.39. The Balaban J connectivity index is 2.33. The highest BCUT2D eigenvalue weighted by molar-refractivity contribution is 7.98. The van der Waals surface area contributed by atoms with E-state index in [-0.39, 0.29) is 6.54 Å². The van der Waals surface area contributed by atoms with Gasteiger partial charge in [0, 0.05) is 6.54 Å². The van der Waals surface area contributed by atoms with Crippen LogP contribution in [0.2, 0.25) is 0 Å². The fourth-order valence-corrected chi connectivity index (χ4v) is 2.34. The summed E-state index contributed by atoms with van der Waals surface area (Å²) in [5.41, 5.74) is -0.219. The maximum atomic E-state index is 12.7. The van der Waals surface area contributed by atoms with Gasteiger partial charge >= 0.3 is 6.18 Å². The summed E-state index contributed by atoms with van der Waals surface area (Å²) < 4.78 is 38.2. The van der Waals surface area contributed by atoms with Crippen LogP contribution >= 0.6 is 11.8 Å². The first-order valence-corrected chi connectivity index (χ1v) is 7.80. The molecule has 1 nitrogen and oxygen atoms in total. The van der Waals surface area contributed by atoms with Crippen LogP contribution in [0.4, 0.5) is 13.2 Å². The smallest absolute Gasteiger partial charge is 0.313 e. The molecule has 0 unspecified atom stereocenters. The van der Waals surface area contributed by atoms with Gasteiger partial charge in [0.2, 0.25) is 0 Å². The molecule has 1 aromatic carbocycles. The van der Waals surface area contributed by atoms with E-state index in [9.17, 15) is 13.2 Å². The minimum Gasteiger partial charge on any atom is -0.313 e. The van der Waals surface area contributed by atoms with Crippen LogP contribution in [0.5, 0.6) is 0 Å². The SMILES string of the molecule is CSCCCCCNCc1ccccc1C(F)(F)F. The van der Waals surface area contributed by atoms with Gasteiger partial charge in [0.05, 0.1) is 5.56 Å². The molecule has 108 valence electrons. The van der Waals surface area contributed by atoms with E-state index in [4.69, 9.17) is 0 Å². The fraction of sp³-hybridized carbons (Fsp3) is 0.571. The number of thioether (sulfide) groups is 1. The lowest BCUT2D eigenvalue weighted by Crippen LogP contribution is -2.18. The Kier molecular flexibility index (Phi) is 7.31. The van der Waals surface area contributed by atoms with Gasteiger partial charge in [0.25, 0.3) is 0 Å². The molecule has 0 fully saturated rings. The van der Waals surface area contributed by atoms with Gasteiger partial charge in [-0.05, 0) is 43.0 Å². The number of halogens is 3. The lowest BCUT2D eigenvalue weighted by atomic mass is 10.1. The van der Waals surface area contributed by atoms with E-state index >= 15 is 0 Å². The Bertz CT molecular complexity index is 366. The third-order valence-corrected chi connectivity index (χ3v) is 3.54. The molecule has 0 aliphatic carbocycles. The molecule has 0 atom stereocenters. The number of alkyl halides is 3. The van der Waals surface area contributed by atoms with E-state index in [0.717, 1.165) is 31.2 Å². The zero-order valence-electron chi connectivity index (χ0n) is 11.1. The molecule has 0 radical (unpaired) electrons. The third-order valence-electron chi connectivity index (χ3n) is 2.84. The summed E-state index contributed by atoms with van der Waals surface area (Å²) in [4.78, 5) is 0. The van der Waals surface area contributed by atoms with Crippen LogP contribution < -0.4 is 5.32 Å². The average molecular weight is 291 g/mol. The summed E-state index contributed by atoms with van der Waals surface area (Å²) in [5.74, 6) is 1.15. The van der Waals surface area contributed by atoms with E-state index in [1.807, 2.05) is 11.8 Å². The van der Waals surface area contributed by atoms with Gasteiger partial charge in [-0.2, -0.15) is 24.9 Å². The molecule has 1 rings (SSSR count). The van der Waals surface area contributed by atoms with Crippen molar-refractivity contribution in [1.82, 2.24) is 5.32 Å². The summed E-state index contributed by atoms with van der Waals surface area (Å²) >= 11 is 1.82. The molecule has 0 amide bonds. The van der Waals surface area contributed by atoms with Crippen molar-refractivity contribution in [3.63, 3.8) is 0 Å². The van der Waals surface area contributed by atoms with E-state index < -0.39 is 11.7 Å². The number of hydrogen-bond acceptors (Lipinski definition) is 2. The summed E-state index contributed by atoms with van der Waals surface area (Å²) in [6, 6.07) is 5.73. The Labute approximate surface area is 117 Å². The highest BCUT2D eigenvalue weighted by Crippen LogP contribution is 2.31. The molecule has 0 aliphatic heterocycles. The third kappa shape index (κ3) is 6.34. The van der Waals surface area contributed by atoms with Crippen LogP contribution in [0.25, 0.3) is 0 Å². The molecular formula is C14H20F3NS. The maximum absolute atomic E-state index is 12.7. The largest absolute Gasteiger partial charge is 0.416 e. The Morgan fingerprint density at radius 3 is 2.53 bits per heavy atom. The first kappa shape index (κ1) is 16.4. The van der Waals surface area contributed by atoms with Gasteiger partial charge in [-0.15, -0.1) is 0 Å². The molecule has 0 bridgehead atoms. The topological polar surface area (TPSA) is 12.0 Å². The standard InChI is InChI=1S/C14H20F3NS/c1-19-10-6-2-5-9-18-11-12-7-3-4-8-13(12)14(15,16)17/h3-4,7-8,18H,2,5-6,9-11H2,1H3. The van der Waals surface area contributed by atoms with Crippen LogP contribution in [0.1, 0.15) is 30.4 Å². The van der Waals surface area contributed by atoms with Crippen LogP contribution in [-0.2, 0) is 12.7 Å². The van der Waals surface area contributed by atoms with Crippen molar-refractivity contribution in [3.8, 4) is 0 Å². The Morgan fingerprint density at radius 2 is 1.84 bits per heavy atom. The van der Waals surface area contributed by atoms with Crippen molar-refractivity contribution in [1.29, 1.82) is 0 Å². The number of rotatable bonds is 8. The molecule has 1 N–H and O–H groups in total. The Hall–Kier alpha value is -0.680. The van der Waals surface area contributed by atoms with Crippen LogP contribution in [0.3, 0.4) is 0 Å². The zero-order chi connectivity index (χ0) is 14.1. The highest BCUT2D eigenvalue weighted by Gasteiger charge is 2.32. The number of nitrogens with one attached hydrogen (secondary N) is 1. The molecule has 19 heavy (non-hydrogen) atoms. The second-order valence-corrected chi connectivity index (χ2v) is 5.37. The van der Waals surface area contributed by atoms with Gasteiger partial charge in [-0.1, -0.05) is 24.6 Å². The predicted molar refractivity (Wildman–Crippen MR) is 75.4 cm³/mol. The summed E-state index contributed by atoms with van der Waals surface area (Å²) in [7, 11) is 0. The molecular weight excluding hydrogens is 271 g/mol. The summed E-state index contributed by atoms with van der Waals surface area (Å²) in [5, 5.41) is 3.08. The minimum atomic E-state index is -4.27. The van der Waals surface area contributed by atoms with Gasteiger partial charge in [0.15, 0.2) is 0 Å². The molecule has 0 saturated heterocycles. The molecule has 0 heterocycles. The van der Waals surface area contributed by atoms with E-state index in [1.54, 1.807) is 6.07 Å². The van der Waals surface area contributed by atoms with Gasteiger partial charge in [0.1, 0.15) is 0 Å². The first-order chi connectivity index (χ1) is 9.05. The number of unbranched alkanes of at least 4 members (excludes halogenated alkanes) is 2. The van der Waals surface area contributed by atoms with E-state index in [0.29, 0.717) is 5.56 Å². The molecule has 1 aromatic rings. The maximum Gasteiger partial charge on any atom is 0.416 e. The van der Waals surface area contributed by atoms with Crippen molar-refractivity contribution >= 4 is 11.8 Å². The molecule has 0 saturated carbocycles. The average Bonchev–Trinajstić information content (AvgIpc) is 2.37. The highest BCUT2D eigenvalue weighted by atomic mass is 32.2. The summed E-state index contributed by atoms with van der Waals surface area (Å²) in [6.07, 6.45) is 1.11. The molecule has 0 aromatic heterocycles. The van der Waals surface area contributed by atoms with Gasteiger partial charge < -0.3 is 5.32 Å². The fourth-order valence-electron chi connectivity index (χ4n) is 1.85. The quantitative estimate of drug-likeness (QED) is 0.716. The number of hydrogen-bond donors (Lipinski definition) is 1. The van der Waals surface area contributed by atoms with Crippen molar-refractivity contribution in [3.05, 3.63) is 35.4 Å². The minimum absolute atomic E-state index is 0.276.